The number of amides is 1. The summed E-state index contributed by atoms with van der Waals surface area (Å²) in [5, 5.41) is 0.678. The first-order valence-corrected chi connectivity index (χ1v) is 10.4. The van der Waals surface area contributed by atoms with E-state index in [-0.39, 0.29) is 5.91 Å². The van der Waals surface area contributed by atoms with Crippen molar-refractivity contribution in [3.8, 4) is 11.5 Å². The molecule has 7 heteroatoms. The smallest absolute Gasteiger partial charge is 0.266 e. The maximum Gasteiger partial charge on any atom is 0.266 e. The van der Waals surface area contributed by atoms with Crippen LogP contribution < -0.4 is 9.47 Å². The van der Waals surface area contributed by atoms with Crippen LogP contribution in [-0.4, -0.2) is 36.7 Å². The van der Waals surface area contributed by atoms with Gasteiger partial charge in [-0.05, 0) is 66.7 Å². The van der Waals surface area contributed by atoms with Gasteiger partial charge in [-0.3, -0.25) is 9.69 Å². The van der Waals surface area contributed by atoms with E-state index in [0.717, 1.165) is 27.9 Å². The number of benzene rings is 2. The minimum absolute atomic E-state index is 0.0406. The highest BCUT2D eigenvalue weighted by atomic mass is 79.9. The summed E-state index contributed by atoms with van der Waals surface area (Å²) in [5.74, 6) is 1.44. The third-order valence-electron chi connectivity index (χ3n) is 4.11. The summed E-state index contributed by atoms with van der Waals surface area (Å²) in [6, 6.07) is 13.2. The lowest BCUT2D eigenvalue weighted by Gasteiger charge is -2.14. The van der Waals surface area contributed by atoms with E-state index >= 15 is 0 Å². The minimum Gasteiger partial charge on any atom is -0.497 e. The molecule has 0 spiro atoms. The van der Waals surface area contributed by atoms with E-state index in [9.17, 15) is 4.79 Å². The molecule has 0 unspecified atom stereocenters. The van der Waals surface area contributed by atoms with Crippen LogP contribution in [0.2, 0.25) is 0 Å². The molecule has 5 nitrogen and oxygen atoms in total. The molecule has 1 amide bonds. The van der Waals surface area contributed by atoms with E-state index in [1.54, 1.807) is 19.1 Å². The second-order valence-corrected chi connectivity index (χ2v) is 7.97. The predicted molar refractivity (Wildman–Crippen MR) is 118 cm³/mol. The van der Waals surface area contributed by atoms with Crippen LogP contribution in [0.25, 0.3) is 6.08 Å². The Kier molecular flexibility index (Phi) is 6.80. The molecular formula is C21H21BrN2O3S. The van der Waals surface area contributed by atoms with Gasteiger partial charge in [-0.2, -0.15) is 0 Å². The van der Waals surface area contributed by atoms with Gasteiger partial charge in [0.2, 0.25) is 0 Å². The Morgan fingerprint density at radius 3 is 2.54 bits per heavy atom. The monoisotopic (exact) mass is 460 g/mol. The SMILES string of the molecule is CCCN1C(=O)/C(=C\c2cc(Br)ccc2OC)SC1=Nc1ccc(OC)cc1. The van der Waals surface area contributed by atoms with Crippen molar-refractivity contribution in [1.29, 1.82) is 0 Å². The number of amidine groups is 1. The molecule has 1 heterocycles. The third kappa shape index (κ3) is 4.59. The Morgan fingerprint density at radius 1 is 1.14 bits per heavy atom. The third-order valence-corrected chi connectivity index (χ3v) is 5.61. The van der Waals surface area contributed by atoms with Crippen LogP contribution in [0.1, 0.15) is 18.9 Å². The van der Waals surface area contributed by atoms with Gasteiger partial charge >= 0.3 is 0 Å². The number of rotatable bonds is 6. The van der Waals surface area contributed by atoms with Crippen LogP contribution >= 0.6 is 27.7 Å². The second-order valence-electron chi connectivity index (χ2n) is 6.05. The standard InChI is InChI=1S/C21H21BrN2O3S/c1-4-11-24-20(25)19(13-14-12-15(22)5-10-18(14)27-3)28-21(24)23-16-6-8-17(26-2)9-7-16/h5-10,12-13H,4,11H2,1-3H3/b19-13+,23-21?. The predicted octanol–water partition coefficient (Wildman–Crippen LogP) is 5.48. The zero-order valence-corrected chi connectivity index (χ0v) is 18.3. The molecule has 1 aliphatic rings. The Morgan fingerprint density at radius 2 is 1.89 bits per heavy atom. The van der Waals surface area contributed by atoms with Crippen molar-refractivity contribution in [3.05, 3.63) is 57.4 Å². The van der Waals surface area contributed by atoms with Gasteiger partial charge in [0.05, 0.1) is 24.8 Å². The average molecular weight is 461 g/mol. The van der Waals surface area contributed by atoms with Gasteiger partial charge in [0, 0.05) is 16.6 Å². The number of carbonyl (C=O) groups excluding carboxylic acids is 1. The van der Waals surface area contributed by atoms with Gasteiger partial charge in [-0.25, -0.2) is 4.99 Å². The van der Waals surface area contributed by atoms with Crippen molar-refractivity contribution in [2.24, 2.45) is 4.99 Å². The zero-order valence-electron chi connectivity index (χ0n) is 15.9. The Hall–Kier alpha value is -2.25. The fourth-order valence-electron chi connectivity index (χ4n) is 2.74. The molecule has 0 radical (unpaired) electrons. The van der Waals surface area contributed by atoms with Gasteiger partial charge in [-0.1, -0.05) is 22.9 Å². The van der Waals surface area contributed by atoms with Crippen LogP contribution in [0.5, 0.6) is 11.5 Å². The molecule has 0 aromatic heterocycles. The van der Waals surface area contributed by atoms with Crippen LogP contribution in [0.3, 0.4) is 0 Å². The fraction of sp³-hybridized carbons (Fsp3) is 0.238. The topological polar surface area (TPSA) is 51.1 Å². The Balaban J connectivity index is 1.96. The highest BCUT2D eigenvalue weighted by Gasteiger charge is 2.33. The minimum atomic E-state index is -0.0406. The van der Waals surface area contributed by atoms with E-state index in [0.29, 0.717) is 22.4 Å². The van der Waals surface area contributed by atoms with Gasteiger partial charge in [0.15, 0.2) is 5.17 Å². The molecule has 146 valence electrons. The summed E-state index contributed by atoms with van der Waals surface area (Å²) < 4.78 is 11.5. The normalized spacial score (nSPS) is 16.9. The maximum absolute atomic E-state index is 13.0. The molecule has 0 N–H and O–H groups in total. The molecule has 3 rings (SSSR count). The van der Waals surface area contributed by atoms with E-state index in [4.69, 9.17) is 9.47 Å². The first kappa shape index (κ1) is 20.5. The highest BCUT2D eigenvalue weighted by molar-refractivity contribution is 9.10. The van der Waals surface area contributed by atoms with Gasteiger partial charge in [0.1, 0.15) is 11.5 Å². The van der Waals surface area contributed by atoms with Crippen LogP contribution in [-0.2, 0) is 4.79 Å². The molecule has 1 aliphatic heterocycles. The summed E-state index contributed by atoms with van der Waals surface area (Å²) in [5.41, 5.74) is 1.62. The summed E-state index contributed by atoms with van der Waals surface area (Å²) in [6.45, 7) is 2.66. The second kappa shape index (κ2) is 9.30. The summed E-state index contributed by atoms with van der Waals surface area (Å²) in [6.07, 6.45) is 2.71. The number of hydrogen-bond donors (Lipinski definition) is 0. The molecule has 1 fully saturated rings. The first-order chi connectivity index (χ1) is 13.5. The number of nitrogens with zero attached hydrogens (tertiary/aromatic N) is 2. The van der Waals surface area contributed by atoms with Gasteiger partial charge in [-0.15, -0.1) is 0 Å². The number of ether oxygens (including phenoxy) is 2. The molecule has 0 aliphatic carbocycles. The van der Waals surface area contributed by atoms with E-state index in [1.807, 2.05) is 55.5 Å². The van der Waals surface area contributed by atoms with Gasteiger partial charge in [0.25, 0.3) is 5.91 Å². The van der Waals surface area contributed by atoms with Crippen molar-refractivity contribution in [2.75, 3.05) is 20.8 Å². The van der Waals surface area contributed by atoms with Crippen LogP contribution in [0.4, 0.5) is 5.69 Å². The molecule has 2 aromatic carbocycles. The molecule has 1 saturated heterocycles. The van der Waals surface area contributed by atoms with E-state index in [1.165, 1.54) is 11.8 Å². The number of carbonyl (C=O) groups is 1. The van der Waals surface area contributed by atoms with Crippen LogP contribution in [0.15, 0.2) is 56.8 Å². The zero-order chi connectivity index (χ0) is 20.1. The molecular weight excluding hydrogens is 440 g/mol. The highest BCUT2D eigenvalue weighted by Crippen LogP contribution is 2.36. The van der Waals surface area contributed by atoms with Crippen molar-refractivity contribution >= 4 is 50.5 Å². The van der Waals surface area contributed by atoms with Crippen molar-refractivity contribution in [3.63, 3.8) is 0 Å². The molecule has 28 heavy (non-hydrogen) atoms. The largest absolute Gasteiger partial charge is 0.497 e. The van der Waals surface area contributed by atoms with Crippen molar-refractivity contribution in [1.82, 2.24) is 4.90 Å². The lowest BCUT2D eigenvalue weighted by Crippen LogP contribution is -2.29. The molecule has 0 bridgehead atoms. The summed E-state index contributed by atoms with van der Waals surface area (Å²) in [4.78, 5) is 20.0. The first-order valence-electron chi connectivity index (χ1n) is 8.83. The number of methoxy groups -OCH3 is 2. The lowest BCUT2D eigenvalue weighted by atomic mass is 10.2. The van der Waals surface area contributed by atoms with Crippen molar-refractivity contribution in [2.45, 2.75) is 13.3 Å². The molecule has 2 aromatic rings. The number of hydrogen-bond acceptors (Lipinski definition) is 5. The van der Waals surface area contributed by atoms with E-state index in [2.05, 4.69) is 20.9 Å². The quantitative estimate of drug-likeness (QED) is 0.535. The van der Waals surface area contributed by atoms with Crippen LogP contribution in [0, 0.1) is 0 Å². The van der Waals surface area contributed by atoms with Crippen molar-refractivity contribution < 1.29 is 14.3 Å². The summed E-state index contributed by atoms with van der Waals surface area (Å²) in [7, 11) is 3.25. The van der Waals surface area contributed by atoms with E-state index < -0.39 is 0 Å². The Labute approximate surface area is 177 Å². The Bertz CT molecular complexity index is 926. The molecule has 0 saturated carbocycles. The number of halogens is 1. The van der Waals surface area contributed by atoms with Gasteiger partial charge < -0.3 is 9.47 Å². The molecule has 0 atom stereocenters. The lowest BCUT2D eigenvalue weighted by molar-refractivity contribution is -0.122. The summed E-state index contributed by atoms with van der Waals surface area (Å²) >= 11 is 4.85. The fourth-order valence-corrected chi connectivity index (χ4v) is 4.13. The number of aliphatic imine (C=N–C) groups is 1. The number of thioether (sulfide) groups is 1. The average Bonchev–Trinajstić information content (AvgIpc) is 2.98. The maximum atomic E-state index is 13.0.